The first-order valence-corrected chi connectivity index (χ1v) is 8.02. The molecule has 0 saturated carbocycles. The van der Waals surface area contributed by atoms with Crippen LogP contribution < -0.4 is 0 Å². The summed E-state index contributed by atoms with van der Waals surface area (Å²) in [4.78, 5) is 30.5. The van der Waals surface area contributed by atoms with E-state index in [0.29, 0.717) is 26.1 Å². The number of para-hydroxylation sites is 2. The molecular formula is C17H21N3O3. The van der Waals surface area contributed by atoms with Gasteiger partial charge in [0.15, 0.2) is 0 Å². The number of nitrogens with zero attached hydrogens (tertiary/aromatic N) is 3. The lowest BCUT2D eigenvalue weighted by molar-refractivity contribution is -0.143. The number of rotatable bonds is 5. The van der Waals surface area contributed by atoms with Crippen molar-refractivity contribution in [2.75, 3.05) is 19.7 Å². The molecule has 2 heterocycles. The molecule has 0 aliphatic carbocycles. The Hall–Kier alpha value is -2.37. The topological polar surface area (TPSA) is 64.4 Å². The van der Waals surface area contributed by atoms with Gasteiger partial charge in [-0.25, -0.2) is 4.98 Å². The monoisotopic (exact) mass is 315 g/mol. The molecule has 122 valence electrons. The smallest absolute Gasteiger partial charge is 0.326 e. The largest absolute Gasteiger partial charge is 0.465 e. The number of carbonyl (C=O) groups excluding carboxylic acids is 2. The third-order valence-corrected chi connectivity index (χ3v) is 4.24. The normalized spacial score (nSPS) is 17.9. The molecule has 1 amide bonds. The van der Waals surface area contributed by atoms with Gasteiger partial charge in [0.25, 0.3) is 0 Å². The second kappa shape index (κ2) is 6.40. The van der Waals surface area contributed by atoms with Crippen LogP contribution >= 0.6 is 0 Å². The Morgan fingerprint density at radius 3 is 2.83 bits per heavy atom. The Kier molecular flexibility index (Phi) is 4.32. The molecule has 1 saturated heterocycles. The van der Waals surface area contributed by atoms with Crippen LogP contribution in [0.4, 0.5) is 0 Å². The van der Waals surface area contributed by atoms with Gasteiger partial charge in [0.1, 0.15) is 12.4 Å². The summed E-state index contributed by atoms with van der Waals surface area (Å²) in [7, 11) is 0. The first kappa shape index (κ1) is 15.5. The van der Waals surface area contributed by atoms with Gasteiger partial charge in [0, 0.05) is 25.4 Å². The predicted octanol–water partition coefficient (Wildman–Crippen LogP) is 1.94. The van der Waals surface area contributed by atoms with Gasteiger partial charge in [-0.15, -0.1) is 0 Å². The molecule has 6 heteroatoms. The Morgan fingerprint density at radius 1 is 1.35 bits per heavy atom. The van der Waals surface area contributed by atoms with E-state index in [9.17, 15) is 9.59 Å². The Bertz CT molecular complexity index is 738. The summed E-state index contributed by atoms with van der Waals surface area (Å²) in [5.74, 6) is 0.675. The van der Waals surface area contributed by atoms with E-state index in [1.807, 2.05) is 40.7 Å². The number of likely N-dealkylation sites (tertiary alicyclic amines) is 1. The maximum atomic E-state index is 12.0. The third kappa shape index (κ3) is 2.93. The van der Waals surface area contributed by atoms with Crippen molar-refractivity contribution in [1.82, 2.24) is 14.5 Å². The molecule has 1 atom stereocenters. The molecule has 3 rings (SSSR count). The summed E-state index contributed by atoms with van der Waals surface area (Å²) in [6.07, 6.45) is 0.444. The lowest BCUT2D eigenvalue weighted by Gasteiger charge is -2.15. The zero-order chi connectivity index (χ0) is 16.4. The van der Waals surface area contributed by atoms with Gasteiger partial charge in [0.05, 0.1) is 17.6 Å². The SMILES string of the molecule is CCOC(=O)Cn1c(C2CC(=O)N(CC)C2)nc2ccccc21. The van der Waals surface area contributed by atoms with Crippen LogP contribution in [-0.4, -0.2) is 46.0 Å². The molecule has 1 aromatic carbocycles. The second-order valence-corrected chi connectivity index (χ2v) is 5.68. The van der Waals surface area contributed by atoms with Crippen molar-refractivity contribution in [1.29, 1.82) is 0 Å². The number of esters is 1. The maximum absolute atomic E-state index is 12.0. The first-order valence-electron chi connectivity index (χ1n) is 8.02. The van der Waals surface area contributed by atoms with E-state index in [-0.39, 0.29) is 24.3 Å². The van der Waals surface area contributed by atoms with E-state index in [0.717, 1.165) is 16.9 Å². The number of imidazole rings is 1. The minimum Gasteiger partial charge on any atom is -0.465 e. The van der Waals surface area contributed by atoms with Gasteiger partial charge >= 0.3 is 5.97 Å². The van der Waals surface area contributed by atoms with Gasteiger partial charge in [0.2, 0.25) is 5.91 Å². The molecule has 6 nitrogen and oxygen atoms in total. The predicted molar refractivity (Wildman–Crippen MR) is 86.0 cm³/mol. The van der Waals surface area contributed by atoms with Crippen LogP contribution in [0, 0.1) is 0 Å². The summed E-state index contributed by atoms with van der Waals surface area (Å²) < 4.78 is 6.97. The van der Waals surface area contributed by atoms with Crippen LogP contribution in [-0.2, 0) is 20.9 Å². The second-order valence-electron chi connectivity index (χ2n) is 5.68. The van der Waals surface area contributed by atoms with E-state index in [2.05, 4.69) is 4.98 Å². The van der Waals surface area contributed by atoms with Gasteiger partial charge in [-0.2, -0.15) is 0 Å². The van der Waals surface area contributed by atoms with Gasteiger partial charge in [-0.05, 0) is 26.0 Å². The van der Waals surface area contributed by atoms with Crippen molar-refractivity contribution in [2.45, 2.75) is 32.7 Å². The molecule has 0 N–H and O–H groups in total. The molecule has 1 fully saturated rings. The van der Waals surface area contributed by atoms with Crippen molar-refractivity contribution in [3.8, 4) is 0 Å². The van der Waals surface area contributed by atoms with Gasteiger partial charge < -0.3 is 14.2 Å². The zero-order valence-electron chi connectivity index (χ0n) is 13.5. The standard InChI is InChI=1S/C17H21N3O3/c1-3-19-10-12(9-15(19)21)17-18-13-7-5-6-8-14(13)20(17)11-16(22)23-4-2/h5-8,12H,3-4,9-11H2,1-2H3. The lowest BCUT2D eigenvalue weighted by atomic mass is 10.1. The number of carbonyl (C=O) groups is 2. The highest BCUT2D eigenvalue weighted by atomic mass is 16.5. The number of benzene rings is 1. The highest BCUT2D eigenvalue weighted by Crippen LogP contribution is 2.30. The lowest BCUT2D eigenvalue weighted by Crippen LogP contribution is -2.24. The average molecular weight is 315 g/mol. The molecule has 1 unspecified atom stereocenters. The van der Waals surface area contributed by atoms with Crippen molar-refractivity contribution < 1.29 is 14.3 Å². The fourth-order valence-corrected chi connectivity index (χ4v) is 3.16. The highest BCUT2D eigenvalue weighted by Gasteiger charge is 2.33. The summed E-state index contributed by atoms with van der Waals surface area (Å²) in [6.45, 7) is 5.60. The summed E-state index contributed by atoms with van der Waals surface area (Å²) >= 11 is 0. The summed E-state index contributed by atoms with van der Waals surface area (Å²) in [6, 6.07) is 7.72. The van der Waals surface area contributed by atoms with Crippen LogP contribution in [0.15, 0.2) is 24.3 Å². The summed E-state index contributed by atoms with van der Waals surface area (Å²) in [5, 5.41) is 0. The summed E-state index contributed by atoms with van der Waals surface area (Å²) in [5.41, 5.74) is 1.74. The maximum Gasteiger partial charge on any atom is 0.326 e. The fourth-order valence-electron chi connectivity index (χ4n) is 3.16. The molecule has 23 heavy (non-hydrogen) atoms. The van der Waals surface area contributed by atoms with E-state index in [1.165, 1.54) is 0 Å². The van der Waals surface area contributed by atoms with Crippen LogP contribution in [0.25, 0.3) is 11.0 Å². The van der Waals surface area contributed by atoms with E-state index < -0.39 is 0 Å². The van der Waals surface area contributed by atoms with Crippen LogP contribution in [0.1, 0.15) is 32.0 Å². The van der Waals surface area contributed by atoms with Crippen molar-refractivity contribution >= 4 is 22.9 Å². The number of hydrogen-bond donors (Lipinski definition) is 0. The fraction of sp³-hybridized carbons (Fsp3) is 0.471. The average Bonchev–Trinajstić information content (AvgIpc) is 3.08. The molecular weight excluding hydrogens is 294 g/mol. The molecule has 0 bridgehead atoms. The number of hydrogen-bond acceptors (Lipinski definition) is 4. The molecule has 1 aromatic heterocycles. The van der Waals surface area contributed by atoms with Crippen LogP contribution in [0.2, 0.25) is 0 Å². The first-order chi connectivity index (χ1) is 11.1. The number of fused-ring (bicyclic) bond motifs is 1. The minimum absolute atomic E-state index is 0.0178. The third-order valence-electron chi connectivity index (χ3n) is 4.24. The number of aromatic nitrogens is 2. The number of likely N-dealkylation sites (N-methyl/N-ethyl adjacent to an activating group) is 1. The molecule has 0 spiro atoms. The number of amides is 1. The molecule has 1 aliphatic rings. The Balaban J connectivity index is 1.99. The van der Waals surface area contributed by atoms with Crippen molar-refractivity contribution in [2.24, 2.45) is 0 Å². The van der Waals surface area contributed by atoms with Crippen molar-refractivity contribution in [3.05, 3.63) is 30.1 Å². The Labute approximate surface area is 135 Å². The minimum atomic E-state index is -0.284. The highest BCUT2D eigenvalue weighted by molar-refractivity contribution is 5.81. The quantitative estimate of drug-likeness (QED) is 0.791. The zero-order valence-corrected chi connectivity index (χ0v) is 13.5. The van der Waals surface area contributed by atoms with E-state index >= 15 is 0 Å². The van der Waals surface area contributed by atoms with Gasteiger partial charge in [-0.1, -0.05) is 12.1 Å². The van der Waals surface area contributed by atoms with E-state index in [1.54, 1.807) is 6.92 Å². The van der Waals surface area contributed by atoms with Crippen LogP contribution in [0.5, 0.6) is 0 Å². The molecule has 0 radical (unpaired) electrons. The molecule has 2 aromatic rings. The molecule has 1 aliphatic heterocycles. The number of ether oxygens (including phenoxy) is 1. The van der Waals surface area contributed by atoms with Gasteiger partial charge in [-0.3, -0.25) is 9.59 Å². The van der Waals surface area contributed by atoms with Crippen molar-refractivity contribution in [3.63, 3.8) is 0 Å². The Morgan fingerprint density at radius 2 is 2.13 bits per heavy atom. The van der Waals surface area contributed by atoms with Crippen LogP contribution in [0.3, 0.4) is 0 Å². The van der Waals surface area contributed by atoms with E-state index in [4.69, 9.17) is 4.74 Å².